The fourth-order valence-electron chi connectivity index (χ4n) is 2.50. The zero-order valence-electron chi connectivity index (χ0n) is 13.0. The van der Waals surface area contributed by atoms with Gasteiger partial charge in [0.2, 0.25) is 11.7 Å². The van der Waals surface area contributed by atoms with Gasteiger partial charge in [0.05, 0.1) is 22.3 Å². The van der Waals surface area contributed by atoms with Crippen LogP contribution in [0.5, 0.6) is 0 Å². The van der Waals surface area contributed by atoms with Crippen molar-refractivity contribution in [2.75, 3.05) is 5.32 Å². The molecular weight excluding hydrogens is 369 g/mol. The smallest absolute Gasteiger partial charge is 0.323 e. The van der Waals surface area contributed by atoms with E-state index < -0.39 is 24.5 Å². The summed E-state index contributed by atoms with van der Waals surface area (Å²) in [4.78, 5) is 15.9. The lowest BCUT2D eigenvalue weighted by atomic mass is 10.2. The molecule has 5 nitrogen and oxygen atoms in total. The Kier molecular flexibility index (Phi) is 4.57. The maximum atomic E-state index is 13.3. The fourth-order valence-corrected chi connectivity index (χ4v) is 2.67. The molecule has 1 N–H and O–H groups in total. The van der Waals surface area contributed by atoms with E-state index in [-0.39, 0.29) is 27.3 Å². The topological polar surface area (TPSA) is 70.7 Å². The van der Waals surface area contributed by atoms with Crippen molar-refractivity contribution < 1.29 is 18.0 Å². The van der Waals surface area contributed by atoms with Crippen molar-refractivity contribution in [2.24, 2.45) is 0 Å². The maximum Gasteiger partial charge on any atom is 0.449 e. The molecule has 3 rings (SSSR count). The van der Waals surface area contributed by atoms with Crippen LogP contribution in [0.3, 0.4) is 0 Å². The van der Waals surface area contributed by atoms with Gasteiger partial charge >= 0.3 is 6.18 Å². The standard InChI is InChI=1S/C17H10ClF3N4O/c18-11-6-5-10(8-22)13(7-11)23-15(26)9-25-14-4-2-1-3-12(14)24-16(25)17(19,20)21/h1-7H,9H2,(H,23,26). The van der Waals surface area contributed by atoms with Crippen molar-refractivity contribution in [1.29, 1.82) is 5.26 Å². The minimum Gasteiger partial charge on any atom is -0.323 e. The third-order valence-electron chi connectivity index (χ3n) is 3.59. The van der Waals surface area contributed by atoms with Crippen LogP contribution in [0, 0.1) is 11.3 Å². The minimum atomic E-state index is -4.72. The number of hydrogen-bond donors (Lipinski definition) is 1. The number of rotatable bonds is 3. The monoisotopic (exact) mass is 378 g/mol. The first-order valence-electron chi connectivity index (χ1n) is 7.31. The molecule has 1 heterocycles. The molecule has 3 aromatic rings. The molecule has 0 spiro atoms. The van der Waals surface area contributed by atoms with Gasteiger partial charge in [-0.05, 0) is 30.3 Å². The summed E-state index contributed by atoms with van der Waals surface area (Å²) in [6.07, 6.45) is -4.72. The Hall–Kier alpha value is -3.05. The number of carbonyl (C=O) groups is 1. The lowest BCUT2D eigenvalue weighted by Gasteiger charge is -2.12. The molecule has 0 aliphatic carbocycles. The van der Waals surface area contributed by atoms with E-state index in [0.717, 1.165) is 4.57 Å². The summed E-state index contributed by atoms with van der Waals surface area (Å²) in [7, 11) is 0. The van der Waals surface area contributed by atoms with Crippen LogP contribution in [-0.4, -0.2) is 15.5 Å². The number of amides is 1. The number of alkyl halides is 3. The number of anilines is 1. The molecule has 0 aliphatic rings. The van der Waals surface area contributed by atoms with E-state index in [4.69, 9.17) is 16.9 Å². The first kappa shape index (κ1) is 17.8. The van der Waals surface area contributed by atoms with Crippen LogP contribution >= 0.6 is 11.6 Å². The number of carbonyl (C=O) groups excluding carboxylic acids is 1. The highest BCUT2D eigenvalue weighted by molar-refractivity contribution is 6.31. The second-order valence-electron chi connectivity index (χ2n) is 5.36. The molecule has 0 radical (unpaired) electrons. The van der Waals surface area contributed by atoms with Crippen LogP contribution in [0.25, 0.3) is 11.0 Å². The van der Waals surface area contributed by atoms with Gasteiger partial charge in [-0.1, -0.05) is 23.7 Å². The van der Waals surface area contributed by atoms with Gasteiger partial charge in [-0.25, -0.2) is 4.98 Å². The van der Waals surface area contributed by atoms with Gasteiger partial charge in [-0.3, -0.25) is 4.79 Å². The maximum absolute atomic E-state index is 13.3. The third-order valence-corrected chi connectivity index (χ3v) is 3.82. The molecule has 0 saturated heterocycles. The summed E-state index contributed by atoms with van der Waals surface area (Å²) in [5.74, 6) is -1.90. The number of aromatic nitrogens is 2. The Bertz CT molecular complexity index is 1040. The van der Waals surface area contributed by atoms with Crippen molar-refractivity contribution in [2.45, 2.75) is 12.7 Å². The highest BCUT2D eigenvalue weighted by Gasteiger charge is 2.38. The van der Waals surface area contributed by atoms with Crippen LogP contribution in [0.15, 0.2) is 42.5 Å². The molecule has 0 atom stereocenters. The Morgan fingerprint density at radius 3 is 2.69 bits per heavy atom. The third kappa shape index (κ3) is 3.48. The number of nitriles is 1. The number of nitrogens with zero attached hydrogens (tertiary/aromatic N) is 3. The molecule has 1 aromatic heterocycles. The molecule has 0 fully saturated rings. The number of nitrogens with one attached hydrogen (secondary N) is 1. The summed E-state index contributed by atoms with van der Waals surface area (Å²) in [5, 5.41) is 11.8. The Balaban J connectivity index is 1.95. The van der Waals surface area contributed by atoms with Gasteiger partial charge in [0, 0.05) is 5.02 Å². The highest BCUT2D eigenvalue weighted by Crippen LogP contribution is 2.31. The quantitative estimate of drug-likeness (QED) is 0.741. The second-order valence-corrected chi connectivity index (χ2v) is 5.79. The first-order chi connectivity index (χ1) is 12.3. The van der Waals surface area contributed by atoms with E-state index in [1.165, 1.54) is 30.3 Å². The molecule has 132 valence electrons. The number of imidazole rings is 1. The minimum absolute atomic E-state index is 0.128. The normalized spacial score (nSPS) is 11.3. The van der Waals surface area contributed by atoms with E-state index >= 15 is 0 Å². The lowest BCUT2D eigenvalue weighted by molar-refractivity contribution is -0.147. The van der Waals surface area contributed by atoms with Crippen LogP contribution in [-0.2, 0) is 17.5 Å². The average molecular weight is 379 g/mol. The van der Waals surface area contributed by atoms with E-state index in [0.29, 0.717) is 0 Å². The van der Waals surface area contributed by atoms with E-state index in [1.807, 2.05) is 6.07 Å². The predicted octanol–water partition coefficient (Wildman–Crippen LogP) is 4.22. The summed E-state index contributed by atoms with van der Waals surface area (Å²) in [6.45, 7) is -0.618. The Morgan fingerprint density at radius 1 is 1.27 bits per heavy atom. The van der Waals surface area contributed by atoms with E-state index in [9.17, 15) is 18.0 Å². The largest absolute Gasteiger partial charge is 0.449 e. The molecule has 2 aromatic carbocycles. The van der Waals surface area contributed by atoms with Gasteiger partial charge in [0.1, 0.15) is 12.6 Å². The molecule has 0 bridgehead atoms. The van der Waals surface area contributed by atoms with Crippen molar-refractivity contribution in [3.8, 4) is 6.07 Å². The fraction of sp³-hybridized carbons (Fsp3) is 0.118. The summed E-state index contributed by atoms with van der Waals surface area (Å²) in [5.41, 5.74) is 0.590. The van der Waals surface area contributed by atoms with Crippen molar-refractivity contribution in [1.82, 2.24) is 9.55 Å². The van der Waals surface area contributed by atoms with E-state index in [2.05, 4.69) is 10.3 Å². The van der Waals surface area contributed by atoms with Gasteiger partial charge in [0.15, 0.2) is 0 Å². The van der Waals surface area contributed by atoms with Crippen molar-refractivity contribution >= 4 is 34.2 Å². The van der Waals surface area contributed by atoms with Gasteiger partial charge < -0.3 is 9.88 Å². The molecule has 0 saturated carbocycles. The van der Waals surface area contributed by atoms with Crippen LogP contribution in [0.4, 0.5) is 18.9 Å². The number of para-hydroxylation sites is 2. The van der Waals surface area contributed by atoms with Crippen LogP contribution in [0.1, 0.15) is 11.4 Å². The molecule has 0 aliphatic heterocycles. The van der Waals surface area contributed by atoms with Crippen LogP contribution < -0.4 is 5.32 Å². The zero-order valence-corrected chi connectivity index (χ0v) is 13.8. The van der Waals surface area contributed by atoms with Gasteiger partial charge in [0.25, 0.3) is 0 Å². The summed E-state index contributed by atoms with van der Waals surface area (Å²) < 4.78 is 40.6. The molecule has 9 heteroatoms. The molecule has 0 unspecified atom stereocenters. The highest BCUT2D eigenvalue weighted by atomic mass is 35.5. The predicted molar refractivity (Wildman–Crippen MR) is 89.5 cm³/mol. The molecular formula is C17H10ClF3N4O. The van der Waals surface area contributed by atoms with E-state index in [1.54, 1.807) is 12.1 Å². The summed E-state index contributed by atoms with van der Waals surface area (Å²) >= 11 is 5.84. The molecule has 26 heavy (non-hydrogen) atoms. The summed E-state index contributed by atoms with van der Waals surface area (Å²) in [6, 6.07) is 12.1. The number of halogens is 4. The number of hydrogen-bond acceptors (Lipinski definition) is 3. The van der Waals surface area contributed by atoms with Gasteiger partial charge in [-0.2, -0.15) is 18.4 Å². The molecule has 1 amide bonds. The van der Waals surface area contributed by atoms with Crippen LogP contribution in [0.2, 0.25) is 5.02 Å². The van der Waals surface area contributed by atoms with Crippen molar-refractivity contribution in [3.05, 3.63) is 58.9 Å². The zero-order chi connectivity index (χ0) is 18.9. The lowest BCUT2D eigenvalue weighted by Crippen LogP contribution is -2.23. The number of fused-ring (bicyclic) bond motifs is 1. The van der Waals surface area contributed by atoms with Gasteiger partial charge in [-0.15, -0.1) is 0 Å². The Labute approximate surface area is 150 Å². The van der Waals surface area contributed by atoms with Crippen molar-refractivity contribution in [3.63, 3.8) is 0 Å². The first-order valence-corrected chi connectivity index (χ1v) is 7.69. The number of benzene rings is 2. The SMILES string of the molecule is N#Cc1ccc(Cl)cc1NC(=O)Cn1c(C(F)(F)F)nc2ccccc21. The second kappa shape index (κ2) is 6.69. The average Bonchev–Trinajstić information content (AvgIpc) is 2.94. The Morgan fingerprint density at radius 2 is 2.00 bits per heavy atom.